The van der Waals surface area contributed by atoms with Crippen LogP contribution in [0.2, 0.25) is 0 Å². The molecule has 0 radical (unpaired) electrons. The molecule has 0 heterocycles. The van der Waals surface area contributed by atoms with Crippen LogP contribution in [0.5, 0.6) is 0 Å². The van der Waals surface area contributed by atoms with Crippen LogP contribution < -0.4 is 4.90 Å². The molecule has 0 atom stereocenters. The van der Waals surface area contributed by atoms with E-state index in [0.717, 1.165) is 17.1 Å². The monoisotopic (exact) mass is 763 g/mol. The number of anilines is 3. The van der Waals surface area contributed by atoms with Gasteiger partial charge in [0.15, 0.2) is 0 Å². The number of hydrogen-bond donors (Lipinski definition) is 0. The Morgan fingerprint density at radius 1 is 0.250 bits per heavy atom. The maximum Gasteiger partial charge on any atom is 0.0714 e. The van der Waals surface area contributed by atoms with E-state index in [4.69, 9.17) is 0 Å². The van der Waals surface area contributed by atoms with Crippen LogP contribution in [0.15, 0.2) is 249 Å². The first-order chi connectivity index (χ1) is 29.7. The minimum atomic E-state index is -0.493. The van der Waals surface area contributed by atoms with E-state index in [1.54, 1.807) is 0 Å². The third kappa shape index (κ3) is 6.03. The Morgan fingerprint density at radius 3 is 1.37 bits per heavy atom. The first-order valence-electron chi connectivity index (χ1n) is 20.7. The number of rotatable bonds is 8. The van der Waals surface area contributed by atoms with Crippen molar-refractivity contribution in [1.29, 1.82) is 0 Å². The molecule has 0 unspecified atom stereocenters. The molecule has 11 rings (SSSR count). The smallest absolute Gasteiger partial charge is 0.0714 e. The number of benzene rings is 10. The van der Waals surface area contributed by atoms with E-state index < -0.39 is 5.41 Å². The van der Waals surface area contributed by atoms with Crippen molar-refractivity contribution in [3.8, 4) is 44.5 Å². The largest absolute Gasteiger partial charge is 0.310 e. The molecule has 0 saturated heterocycles. The molecule has 0 saturated carbocycles. The molecule has 0 amide bonds. The van der Waals surface area contributed by atoms with Gasteiger partial charge in [-0.2, -0.15) is 0 Å². The van der Waals surface area contributed by atoms with Gasteiger partial charge in [0.2, 0.25) is 0 Å². The topological polar surface area (TPSA) is 3.24 Å². The summed E-state index contributed by atoms with van der Waals surface area (Å²) in [5, 5.41) is 2.51. The molecule has 282 valence electrons. The average Bonchev–Trinajstić information content (AvgIpc) is 3.63. The number of hydrogen-bond acceptors (Lipinski definition) is 1. The fraction of sp³-hybridized carbons (Fsp3) is 0.0169. The molecular formula is C59H41N. The lowest BCUT2D eigenvalue weighted by molar-refractivity contribution is 0.768. The van der Waals surface area contributed by atoms with Crippen molar-refractivity contribution in [2.24, 2.45) is 0 Å². The van der Waals surface area contributed by atoms with Crippen molar-refractivity contribution in [3.63, 3.8) is 0 Å². The SMILES string of the molecule is c1ccc(-c2ccc(N(c3ccc(-c4cccc(-c5ccc6ccccc6c5)c4)cc3)c3ccc4c(c3)C(c3ccccc3)(c3ccccc3)c3ccccc3-4)cc2)cc1. The highest BCUT2D eigenvalue weighted by Gasteiger charge is 2.46. The zero-order valence-corrected chi connectivity index (χ0v) is 33.1. The van der Waals surface area contributed by atoms with Crippen LogP contribution in [-0.4, -0.2) is 0 Å². The molecule has 10 aromatic rings. The van der Waals surface area contributed by atoms with Gasteiger partial charge in [-0.15, -0.1) is 0 Å². The van der Waals surface area contributed by atoms with E-state index in [1.165, 1.54) is 77.5 Å². The second-order valence-corrected chi connectivity index (χ2v) is 15.7. The van der Waals surface area contributed by atoms with Gasteiger partial charge < -0.3 is 4.90 Å². The standard InChI is InChI=1S/C59H41N/c1-4-15-42(16-5-1)44-29-33-52(34-30-44)60(53-35-31-45(32-36-53)47-19-14-20-48(39-47)49-28-27-43-17-10-11-18-46(43)40-49)54-37-38-56-55-25-12-13-26-57(55)59(58(56)41-54,50-21-6-2-7-22-50)51-23-8-3-9-24-51/h1-41H. The Balaban J connectivity index is 1.05. The van der Waals surface area contributed by atoms with Gasteiger partial charge in [-0.3, -0.25) is 0 Å². The molecule has 1 nitrogen and oxygen atoms in total. The zero-order chi connectivity index (χ0) is 39.9. The highest BCUT2D eigenvalue weighted by atomic mass is 15.1. The lowest BCUT2D eigenvalue weighted by atomic mass is 9.67. The van der Waals surface area contributed by atoms with Crippen molar-refractivity contribution < 1.29 is 0 Å². The summed E-state index contributed by atoms with van der Waals surface area (Å²) in [6.07, 6.45) is 0. The minimum absolute atomic E-state index is 0.493. The Bertz CT molecular complexity index is 3070. The minimum Gasteiger partial charge on any atom is -0.310 e. The highest BCUT2D eigenvalue weighted by Crippen LogP contribution is 2.57. The van der Waals surface area contributed by atoms with Crippen LogP contribution in [0.4, 0.5) is 17.1 Å². The van der Waals surface area contributed by atoms with E-state index in [-0.39, 0.29) is 0 Å². The van der Waals surface area contributed by atoms with Crippen molar-refractivity contribution in [2.45, 2.75) is 5.41 Å². The predicted molar refractivity (Wildman–Crippen MR) is 252 cm³/mol. The Hall–Kier alpha value is -7.74. The average molecular weight is 764 g/mol. The van der Waals surface area contributed by atoms with E-state index >= 15 is 0 Å². The Kier molecular flexibility index (Phi) is 8.79. The van der Waals surface area contributed by atoms with Gasteiger partial charge in [0.1, 0.15) is 0 Å². The summed E-state index contributed by atoms with van der Waals surface area (Å²) in [6.45, 7) is 0. The summed E-state index contributed by atoms with van der Waals surface area (Å²) in [6, 6.07) is 91.0. The van der Waals surface area contributed by atoms with E-state index in [1.807, 2.05) is 0 Å². The maximum atomic E-state index is 2.45. The van der Waals surface area contributed by atoms with Crippen LogP contribution >= 0.6 is 0 Å². The second-order valence-electron chi connectivity index (χ2n) is 15.7. The fourth-order valence-electron chi connectivity index (χ4n) is 9.50. The summed E-state index contributed by atoms with van der Waals surface area (Å²) in [5.41, 5.74) is 17.7. The summed E-state index contributed by atoms with van der Waals surface area (Å²) >= 11 is 0. The van der Waals surface area contributed by atoms with Gasteiger partial charge in [0.05, 0.1) is 5.41 Å². The molecule has 0 fully saturated rings. The van der Waals surface area contributed by atoms with Gasteiger partial charge in [-0.25, -0.2) is 0 Å². The van der Waals surface area contributed by atoms with Gasteiger partial charge in [0.25, 0.3) is 0 Å². The lowest BCUT2D eigenvalue weighted by Crippen LogP contribution is -2.28. The lowest BCUT2D eigenvalue weighted by Gasteiger charge is -2.35. The summed E-state index contributed by atoms with van der Waals surface area (Å²) in [5.74, 6) is 0. The molecule has 0 N–H and O–H groups in total. The number of fused-ring (bicyclic) bond motifs is 4. The zero-order valence-electron chi connectivity index (χ0n) is 33.1. The van der Waals surface area contributed by atoms with Gasteiger partial charge in [-0.1, -0.05) is 200 Å². The third-order valence-electron chi connectivity index (χ3n) is 12.3. The van der Waals surface area contributed by atoms with Crippen molar-refractivity contribution in [3.05, 3.63) is 271 Å². The van der Waals surface area contributed by atoms with Crippen LogP contribution in [0.1, 0.15) is 22.3 Å². The molecule has 1 aliphatic rings. The molecule has 0 bridgehead atoms. The molecule has 60 heavy (non-hydrogen) atoms. The van der Waals surface area contributed by atoms with Crippen molar-refractivity contribution in [1.82, 2.24) is 0 Å². The predicted octanol–water partition coefficient (Wildman–Crippen LogP) is 15.7. The molecule has 10 aromatic carbocycles. The highest BCUT2D eigenvalue weighted by molar-refractivity contribution is 5.91. The first-order valence-corrected chi connectivity index (χ1v) is 20.7. The molecule has 1 aliphatic carbocycles. The van der Waals surface area contributed by atoms with Gasteiger partial charge in [0, 0.05) is 17.1 Å². The van der Waals surface area contributed by atoms with E-state index in [2.05, 4.69) is 254 Å². The van der Waals surface area contributed by atoms with Crippen LogP contribution in [0.3, 0.4) is 0 Å². The quantitative estimate of drug-likeness (QED) is 0.149. The summed E-state index contributed by atoms with van der Waals surface area (Å²) in [4.78, 5) is 2.41. The van der Waals surface area contributed by atoms with Crippen LogP contribution in [0.25, 0.3) is 55.3 Å². The molecule has 0 spiro atoms. The van der Waals surface area contributed by atoms with E-state index in [0.29, 0.717) is 0 Å². The van der Waals surface area contributed by atoms with Crippen LogP contribution in [0, 0.1) is 0 Å². The summed E-state index contributed by atoms with van der Waals surface area (Å²) < 4.78 is 0. The van der Waals surface area contributed by atoms with E-state index in [9.17, 15) is 0 Å². The molecule has 0 aromatic heterocycles. The molecule has 1 heteroatoms. The Labute approximate surface area is 352 Å². The van der Waals surface area contributed by atoms with Crippen LogP contribution in [-0.2, 0) is 5.41 Å². The second kappa shape index (κ2) is 14.9. The summed E-state index contributed by atoms with van der Waals surface area (Å²) in [7, 11) is 0. The first kappa shape index (κ1) is 35.4. The van der Waals surface area contributed by atoms with Crippen molar-refractivity contribution in [2.75, 3.05) is 4.90 Å². The molecule has 0 aliphatic heterocycles. The maximum absolute atomic E-state index is 2.45. The van der Waals surface area contributed by atoms with Crippen molar-refractivity contribution >= 4 is 27.8 Å². The Morgan fingerprint density at radius 2 is 0.700 bits per heavy atom. The number of nitrogens with zero attached hydrogens (tertiary/aromatic N) is 1. The molecular weight excluding hydrogens is 723 g/mol. The third-order valence-corrected chi connectivity index (χ3v) is 12.3. The fourth-order valence-corrected chi connectivity index (χ4v) is 9.50. The van der Waals surface area contributed by atoms with Gasteiger partial charge >= 0.3 is 0 Å². The van der Waals surface area contributed by atoms with Gasteiger partial charge in [-0.05, 0) is 126 Å². The normalized spacial score (nSPS) is 12.5.